The van der Waals surface area contributed by atoms with Gasteiger partial charge in [-0.05, 0) is 12.1 Å². The second-order valence-electron chi connectivity index (χ2n) is 4.43. The van der Waals surface area contributed by atoms with Crippen molar-refractivity contribution < 1.29 is 14.2 Å². The maximum atomic E-state index is 5.44. The summed E-state index contributed by atoms with van der Waals surface area (Å²) < 4.78 is 16.1. The highest BCUT2D eigenvalue weighted by Crippen LogP contribution is 2.40. The van der Waals surface area contributed by atoms with Crippen LogP contribution in [0.15, 0.2) is 24.3 Å². The highest BCUT2D eigenvalue weighted by atomic mass is 16.5. The Morgan fingerprint density at radius 2 is 1.68 bits per heavy atom. The Hall–Kier alpha value is -2.54. The van der Waals surface area contributed by atoms with Gasteiger partial charge in [-0.3, -0.25) is 0 Å². The largest absolute Gasteiger partial charge is 0.496 e. The number of methoxy groups -OCH3 is 3. The van der Waals surface area contributed by atoms with Crippen LogP contribution in [0.3, 0.4) is 0 Å². The van der Waals surface area contributed by atoms with Crippen molar-refractivity contribution >= 4 is 5.82 Å². The number of benzene rings is 1. The van der Waals surface area contributed by atoms with Gasteiger partial charge in [0, 0.05) is 25.2 Å². The minimum atomic E-state index is 0.531. The molecule has 0 aliphatic carbocycles. The number of nitrogens with one attached hydrogen (secondary N) is 1. The zero-order chi connectivity index (χ0) is 15.9. The molecule has 118 valence electrons. The summed E-state index contributed by atoms with van der Waals surface area (Å²) in [4.78, 5) is 0. The van der Waals surface area contributed by atoms with Crippen LogP contribution in [0.4, 0.5) is 5.82 Å². The van der Waals surface area contributed by atoms with Crippen molar-refractivity contribution in [3.05, 3.63) is 24.3 Å². The van der Waals surface area contributed by atoms with Gasteiger partial charge < -0.3 is 25.3 Å². The summed E-state index contributed by atoms with van der Waals surface area (Å²) in [6.45, 7) is 1.17. The molecule has 2 aromatic rings. The van der Waals surface area contributed by atoms with Crippen LogP contribution in [0.25, 0.3) is 11.3 Å². The molecular formula is C15H20N4O3. The average Bonchev–Trinajstić information content (AvgIpc) is 2.59. The van der Waals surface area contributed by atoms with E-state index < -0.39 is 0 Å². The number of aromatic nitrogens is 2. The number of hydrogen-bond donors (Lipinski definition) is 2. The van der Waals surface area contributed by atoms with Crippen molar-refractivity contribution in [2.24, 2.45) is 5.73 Å². The summed E-state index contributed by atoms with van der Waals surface area (Å²) >= 11 is 0. The van der Waals surface area contributed by atoms with Crippen molar-refractivity contribution in [3.63, 3.8) is 0 Å². The predicted octanol–water partition coefficient (Wildman–Crippen LogP) is 1.54. The summed E-state index contributed by atoms with van der Waals surface area (Å²) in [5.74, 6) is 2.52. The quantitative estimate of drug-likeness (QED) is 0.801. The van der Waals surface area contributed by atoms with Gasteiger partial charge in [0.25, 0.3) is 0 Å². The minimum absolute atomic E-state index is 0.531. The standard InChI is InChI=1S/C15H20N4O3/c1-20-10-8-12(21-2)15(13(9-10)22-3)11-4-5-14(19-18-11)17-7-6-16/h4-5,8-9H,6-7,16H2,1-3H3,(H,17,19). The Bertz CT molecular complexity index is 592. The summed E-state index contributed by atoms with van der Waals surface area (Å²) in [6.07, 6.45) is 0. The number of nitrogens with two attached hydrogens (primary N) is 1. The SMILES string of the molecule is COc1cc(OC)c(-c2ccc(NCCN)nn2)c(OC)c1. The number of anilines is 1. The van der Waals surface area contributed by atoms with E-state index in [1.807, 2.05) is 12.1 Å². The Kier molecular flexibility index (Phi) is 5.37. The molecule has 0 aliphatic heterocycles. The van der Waals surface area contributed by atoms with Gasteiger partial charge >= 0.3 is 0 Å². The molecule has 0 aliphatic rings. The average molecular weight is 304 g/mol. The molecule has 0 unspecified atom stereocenters. The fraction of sp³-hybridized carbons (Fsp3) is 0.333. The van der Waals surface area contributed by atoms with Crippen LogP contribution >= 0.6 is 0 Å². The van der Waals surface area contributed by atoms with E-state index in [1.54, 1.807) is 33.5 Å². The minimum Gasteiger partial charge on any atom is -0.496 e. The Morgan fingerprint density at radius 3 is 2.14 bits per heavy atom. The molecule has 0 spiro atoms. The third-order valence-corrected chi connectivity index (χ3v) is 3.09. The van der Waals surface area contributed by atoms with Crippen molar-refractivity contribution in [2.75, 3.05) is 39.7 Å². The van der Waals surface area contributed by atoms with Gasteiger partial charge in [-0.1, -0.05) is 0 Å². The fourth-order valence-corrected chi connectivity index (χ4v) is 2.02. The van der Waals surface area contributed by atoms with E-state index in [-0.39, 0.29) is 0 Å². The second-order valence-corrected chi connectivity index (χ2v) is 4.43. The van der Waals surface area contributed by atoms with Gasteiger partial charge in [0.1, 0.15) is 28.8 Å². The molecule has 0 atom stereocenters. The van der Waals surface area contributed by atoms with Crippen LogP contribution in [0.5, 0.6) is 17.2 Å². The molecule has 0 amide bonds. The summed E-state index contributed by atoms with van der Waals surface area (Å²) in [6, 6.07) is 7.24. The van der Waals surface area contributed by atoms with Crippen LogP contribution in [0.1, 0.15) is 0 Å². The highest BCUT2D eigenvalue weighted by molar-refractivity contribution is 5.76. The van der Waals surface area contributed by atoms with Crippen LogP contribution in [-0.2, 0) is 0 Å². The van der Waals surface area contributed by atoms with Gasteiger partial charge in [0.05, 0.1) is 26.9 Å². The summed E-state index contributed by atoms with van der Waals surface area (Å²) in [5, 5.41) is 11.4. The number of nitrogens with zero attached hydrogens (tertiary/aromatic N) is 2. The smallest absolute Gasteiger partial charge is 0.148 e. The second kappa shape index (κ2) is 7.46. The zero-order valence-electron chi connectivity index (χ0n) is 12.9. The zero-order valence-corrected chi connectivity index (χ0v) is 12.9. The molecule has 0 bridgehead atoms. The van der Waals surface area contributed by atoms with E-state index in [4.69, 9.17) is 19.9 Å². The number of hydrogen-bond acceptors (Lipinski definition) is 7. The van der Waals surface area contributed by atoms with E-state index in [2.05, 4.69) is 15.5 Å². The van der Waals surface area contributed by atoms with E-state index in [1.165, 1.54) is 0 Å². The van der Waals surface area contributed by atoms with Crippen molar-refractivity contribution in [1.82, 2.24) is 10.2 Å². The third-order valence-electron chi connectivity index (χ3n) is 3.09. The van der Waals surface area contributed by atoms with E-state index >= 15 is 0 Å². The first-order chi connectivity index (χ1) is 10.7. The first-order valence-corrected chi connectivity index (χ1v) is 6.81. The lowest BCUT2D eigenvalue weighted by Crippen LogP contribution is -2.14. The lowest BCUT2D eigenvalue weighted by molar-refractivity contribution is 0.377. The van der Waals surface area contributed by atoms with Crippen molar-refractivity contribution in [3.8, 4) is 28.5 Å². The molecule has 7 nitrogen and oxygen atoms in total. The predicted molar refractivity (Wildman–Crippen MR) is 84.7 cm³/mol. The Morgan fingerprint density at radius 1 is 1.00 bits per heavy atom. The normalized spacial score (nSPS) is 10.2. The molecule has 0 radical (unpaired) electrons. The Balaban J connectivity index is 2.42. The van der Waals surface area contributed by atoms with E-state index in [0.717, 1.165) is 5.56 Å². The van der Waals surface area contributed by atoms with Gasteiger partial charge in [-0.2, -0.15) is 0 Å². The summed E-state index contributed by atoms with van der Waals surface area (Å²) in [7, 11) is 4.76. The molecule has 1 aromatic carbocycles. The highest BCUT2D eigenvalue weighted by Gasteiger charge is 2.16. The van der Waals surface area contributed by atoms with Crippen LogP contribution < -0.4 is 25.3 Å². The van der Waals surface area contributed by atoms with E-state index in [0.29, 0.717) is 41.8 Å². The van der Waals surface area contributed by atoms with Crippen LogP contribution in [0, 0.1) is 0 Å². The molecule has 0 saturated carbocycles. The van der Waals surface area contributed by atoms with Gasteiger partial charge in [-0.25, -0.2) is 0 Å². The topological polar surface area (TPSA) is 91.5 Å². The first kappa shape index (κ1) is 15.8. The van der Waals surface area contributed by atoms with E-state index in [9.17, 15) is 0 Å². The van der Waals surface area contributed by atoms with Crippen molar-refractivity contribution in [2.45, 2.75) is 0 Å². The lowest BCUT2D eigenvalue weighted by Gasteiger charge is -2.14. The number of ether oxygens (including phenoxy) is 3. The van der Waals surface area contributed by atoms with Gasteiger partial charge in [0.2, 0.25) is 0 Å². The summed E-state index contributed by atoms with van der Waals surface area (Å²) in [5.41, 5.74) is 6.82. The maximum absolute atomic E-state index is 5.44. The maximum Gasteiger partial charge on any atom is 0.148 e. The molecule has 1 heterocycles. The monoisotopic (exact) mass is 304 g/mol. The van der Waals surface area contributed by atoms with Gasteiger partial charge in [0.15, 0.2) is 0 Å². The molecular weight excluding hydrogens is 284 g/mol. The molecule has 1 aromatic heterocycles. The molecule has 7 heteroatoms. The molecule has 22 heavy (non-hydrogen) atoms. The molecule has 0 fully saturated rings. The van der Waals surface area contributed by atoms with Crippen molar-refractivity contribution in [1.29, 1.82) is 0 Å². The molecule has 2 rings (SSSR count). The van der Waals surface area contributed by atoms with Crippen LogP contribution in [-0.4, -0.2) is 44.6 Å². The van der Waals surface area contributed by atoms with Gasteiger partial charge in [-0.15, -0.1) is 10.2 Å². The number of rotatable bonds is 7. The Labute approximate surface area is 129 Å². The molecule has 0 saturated heterocycles. The molecule has 3 N–H and O–H groups in total. The third kappa shape index (κ3) is 3.37. The lowest BCUT2D eigenvalue weighted by atomic mass is 10.1. The fourth-order valence-electron chi connectivity index (χ4n) is 2.02. The van der Waals surface area contributed by atoms with Crippen LogP contribution in [0.2, 0.25) is 0 Å². The first-order valence-electron chi connectivity index (χ1n) is 6.81.